The highest BCUT2D eigenvalue weighted by Gasteiger charge is 2.19. The highest BCUT2D eigenvalue weighted by atomic mass is 32.2. The Hall–Kier alpha value is -2.87. The van der Waals surface area contributed by atoms with E-state index in [1.807, 2.05) is 49.6 Å². The molecule has 152 valence electrons. The second kappa shape index (κ2) is 9.56. The summed E-state index contributed by atoms with van der Waals surface area (Å²) in [6, 6.07) is 13.5. The molecule has 0 aliphatic heterocycles. The van der Waals surface area contributed by atoms with Crippen LogP contribution < -0.4 is 10.1 Å². The molecule has 2 aromatic carbocycles. The number of nitrogens with zero attached hydrogens (tertiary/aromatic N) is 3. The molecule has 3 aromatic rings. The highest BCUT2D eigenvalue weighted by molar-refractivity contribution is 7.99. The van der Waals surface area contributed by atoms with Gasteiger partial charge in [-0.15, -0.1) is 10.2 Å². The van der Waals surface area contributed by atoms with E-state index < -0.39 is 0 Å². The Bertz CT molecular complexity index is 975. The largest absolute Gasteiger partial charge is 0.483 e. The predicted molar refractivity (Wildman–Crippen MR) is 112 cm³/mol. The Kier molecular flexibility index (Phi) is 6.87. The van der Waals surface area contributed by atoms with Gasteiger partial charge in [-0.05, 0) is 62.7 Å². The third kappa shape index (κ3) is 5.57. The number of ether oxygens (including phenoxy) is 1. The number of carbonyl (C=O) groups excluding carboxylic acids is 1. The fraction of sp³-hybridized carbons (Fsp3) is 0.286. The van der Waals surface area contributed by atoms with Crippen LogP contribution in [0.5, 0.6) is 5.75 Å². The van der Waals surface area contributed by atoms with E-state index in [2.05, 4.69) is 15.5 Å². The van der Waals surface area contributed by atoms with E-state index >= 15 is 0 Å². The lowest BCUT2D eigenvalue weighted by atomic mass is 10.2. The van der Waals surface area contributed by atoms with E-state index in [-0.39, 0.29) is 23.6 Å². The zero-order valence-electron chi connectivity index (χ0n) is 16.6. The third-order valence-electron chi connectivity index (χ3n) is 4.19. The lowest BCUT2D eigenvalue weighted by Gasteiger charge is -2.16. The molecule has 8 heteroatoms. The molecule has 0 saturated carbocycles. The first kappa shape index (κ1) is 20.9. The molecular formula is C21H23FN4O2S. The van der Waals surface area contributed by atoms with Crippen LogP contribution in [0.25, 0.3) is 0 Å². The monoisotopic (exact) mass is 414 g/mol. The molecule has 1 heterocycles. The Morgan fingerprint density at radius 2 is 2.00 bits per heavy atom. The number of thioether (sulfide) groups is 1. The number of benzene rings is 2. The minimum absolute atomic E-state index is 0.169. The summed E-state index contributed by atoms with van der Waals surface area (Å²) in [6.07, 6.45) is -0.286. The first-order valence-electron chi connectivity index (χ1n) is 9.31. The molecular weight excluding hydrogens is 391 g/mol. The van der Waals surface area contributed by atoms with E-state index in [0.29, 0.717) is 23.2 Å². The molecule has 1 unspecified atom stereocenters. The minimum atomic E-state index is -0.344. The summed E-state index contributed by atoms with van der Waals surface area (Å²) in [5, 5.41) is 11.9. The van der Waals surface area contributed by atoms with E-state index in [1.165, 1.54) is 36.0 Å². The summed E-state index contributed by atoms with van der Waals surface area (Å²) in [4.78, 5) is 12.2. The fourth-order valence-corrected chi connectivity index (χ4v) is 3.62. The summed E-state index contributed by atoms with van der Waals surface area (Å²) in [5.74, 6) is 1.11. The van der Waals surface area contributed by atoms with Gasteiger partial charge in [0.2, 0.25) is 5.91 Å². The molecule has 29 heavy (non-hydrogen) atoms. The summed E-state index contributed by atoms with van der Waals surface area (Å²) in [6.45, 7) is 6.59. The van der Waals surface area contributed by atoms with Crippen LogP contribution in [0, 0.1) is 12.7 Å². The van der Waals surface area contributed by atoms with Crippen molar-refractivity contribution in [1.29, 1.82) is 0 Å². The van der Waals surface area contributed by atoms with Gasteiger partial charge >= 0.3 is 0 Å². The van der Waals surface area contributed by atoms with Crippen LogP contribution in [0.3, 0.4) is 0 Å². The van der Waals surface area contributed by atoms with Crippen LogP contribution in [-0.2, 0) is 11.3 Å². The van der Waals surface area contributed by atoms with Crippen molar-refractivity contribution >= 4 is 23.4 Å². The molecule has 3 rings (SSSR count). The summed E-state index contributed by atoms with van der Waals surface area (Å²) in [7, 11) is 0. The molecule has 0 radical (unpaired) electrons. The lowest BCUT2D eigenvalue weighted by molar-refractivity contribution is -0.113. The number of hydrogen-bond donors (Lipinski definition) is 1. The number of hydrogen-bond acceptors (Lipinski definition) is 5. The standard InChI is InChI=1S/C21H23FN4O2S/c1-4-26-20(15(3)28-18-7-5-6-14(2)12-18)24-25-21(26)29-13-19(27)23-17-10-8-16(22)9-11-17/h5-12,15H,4,13H2,1-3H3,(H,23,27). The molecule has 1 aromatic heterocycles. The SMILES string of the molecule is CCn1c(SCC(=O)Nc2ccc(F)cc2)nnc1C(C)Oc1cccc(C)c1. The van der Waals surface area contributed by atoms with Gasteiger partial charge in [-0.25, -0.2) is 4.39 Å². The number of amides is 1. The third-order valence-corrected chi connectivity index (χ3v) is 5.15. The van der Waals surface area contributed by atoms with Gasteiger partial charge in [-0.1, -0.05) is 23.9 Å². The van der Waals surface area contributed by atoms with Crippen molar-refractivity contribution in [2.75, 3.05) is 11.1 Å². The van der Waals surface area contributed by atoms with Crippen molar-refractivity contribution in [1.82, 2.24) is 14.8 Å². The highest BCUT2D eigenvalue weighted by Crippen LogP contribution is 2.25. The minimum Gasteiger partial charge on any atom is -0.483 e. The molecule has 1 atom stereocenters. The first-order chi connectivity index (χ1) is 14.0. The molecule has 0 spiro atoms. The maximum Gasteiger partial charge on any atom is 0.234 e. The van der Waals surface area contributed by atoms with Crippen LogP contribution in [0.1, 0.15) is 31.3 Å². The zero-order valence-corrected chi connectivity index (χ0v) is 17.4. The fourth-order valence-electron chi connectivity index (χ4n) is 2.81. The van der Waals surface area contributed by atoms with Crippen LogP contribution in [0.2, 0.25) is 0 Å². The summed E-state index contributed by atoms with van der Waals surface area (Å²) >= 11 is 1.30. The van der Waals surface area contributed by atoms with Gasteiger partial charge < -0.3 is 14.6 Å². The average Bonchev–Trinajstić information content (AvgIpc) is 3.11. The smallest absolute Gasteiger partial charge is 0.234 e. The molecule has 6 nitrogen and oxygen atoms in total. The van der Waals surface area contributed by atoms with E-state index in [4.69, 9.17) is 4.74 Å². The van der Waals surface area contributed by atoms with Crippen molar-refractivity contribution in [2.24, 2.45) is 0 Å². The molecule has 0 bridgehead atoms. The number of aryl methyl sites for hydroxylation is 1. The first-order valence-corrected chi connectivity index (χ1v) is 10.3. The lowest BCUT2D eigenvalue weighted by Crippen LogP contribution is -2.15. The Balaban J connectivity index is 1.62. The van der Waals surface area contributed by atoms with Gasteiger partial charge in [0.1, 0.15) is 11.6 Å². The molecule has 0 aliphatic rings. The van der Waals surface area contributed by atoms with Gasteiger partial charge in [-0.3, -0.25) is 4.79 Å². The predicted octanol–water partition coefficient (Wildman–Crippen LogP) is 4.62. The van der Waals surface area contributed by atoms with Crippen molar-refractivity contribution in [3.8, 4) is 5.75 Å². The van der Waals surface area contributed by atoms with Crippen molar-refractivity contribution in [2.45, 2.75) is 38.6 Å². The number of carbonyl (C=O) groups is 1. The van der Waals surface area contributed by atoms with Gasteiger partial charge in [0.05, 0.1) is 5.75 Å². The van der Waals surface area contributed by atoms with Crippen LogP contribution in [0.4, 0.5) is 10.1 Å². The molecule has 1 N–H and O–H groups in total. The van der Waals surface area contributed by atoms with Gasteiger partial charge in [0, 0.05) is 12.2 Å². The van der Waals surface area contributed by atoms with E-state index in [1.54, 1.807) is 0 Å². The van der Waals surface area contributed by atoms with Crippen LogP contribution >= 0.6 is 11.8 Å². The molecule has 0 fully saturated rings. The molecule has 0 saturated heterocycles. The Morgan fingerprint density at radius 3 is 2.69 bits per heavy atom. The summed E-state index contributed by atoms with van der Waals surface area (Å²) < 4.78 is 20.9. The van der Waals surface area contributed by atoms with Crippen LogP contribution in [-0.4, -0.2) is 26.4 Å². The zero-order chi connectivity index (χ0) is 20.8. The number of halogens is 1. The number of anilines is 1. The van der Waals surface area contributed by atoms with E-state index in [0.717, 1.165) is 11.3 Å². The Morgan fingerprint density at radius 1 is 1.24 bits per heavy atom. The van der Waals surface area contributed by atoms with Crippen molar-refractivity contribution in [3.05, 3.63) is 65.7 Å². The Labute approximate surface area is 173 Å². The molecule has 0 aliphatic carbocycles. The van der Waals surface area contributed by atoms with Crippen molar-refractivity contribution < 1.29 is 13.9 Å². The second-order valence-corrected chi connectivity index (χ2v) is 7.45. The number of nitrogens with one attached hydrogen (secondary N) is 1. The van der Waals surface area contributed by atoms with Crippen LogP contribution in [0.15, 0.2) is 53.7 Å². The summed E-state index contributed by atoms with van der Waals surface area (Å²) in [5.41, 5.74) is 1.67. The van der Waals surface area contributed by atoms with Crippen molar-refractivity contribution in [3.63, 3.8) is 0 Å². The van der Waals surface area contributed by atoms with Gasteiger partial charge in [0.25, 0.3) is 0 Å². The number of aromatic nitrogens is 3. The quantitative estimate of drug-likeness (QED) is 0.545. The van der Waals surface area contributed by atoms with E-state index in [9.17, 15) is 9.18 Å². The maximum absolute atomic E-state index is 13.0. The number of rotatable bonds is 8. The normalized spacial score (nSPS) is 11.9. The molecule has 1 amide bonds. The van der Waals surface area contributed by atoms with Gasteiger partial charge in [0.15, 0.2) is 17.1 Å². The maximum atomic E-state index is 13.0. The second-order valence-electron chi connectivity index (χ2n) is 6.51. The van der Waals surface area contributed by atoms with Gasteiger partial charge in [-0.2, -0.15) is 0 Å². The topological polar surface area (TPSA) is 69.0 Å². The average molecular weight is 415 g/mol.